The van der Waals surface area contributed by atoms with Crippen LogP contribution in [0.4, 0.5) is 0 Å². The molecule has 0 saturated carbocycles. The molecule has 7 heteroatoms. The molecular formula is C20H35IN6. The SMILES string of the molecule is CCNC(=NCCCn1c(C)nc2ccccc21)NCCN(C)C(C)C.I. The van der Waals surface area contributed by atoms with Crippen molar-refractivity contribution in [1.82, 2.24) is 25.1 Å². The Kier molecular flexibility index (Phi) is 10.7. The average molecular weight is 486 g/mol. The first-order valence-electron chi connectivity index (χ1n) is 9.67. The number of nitrogens with zero attached hydrogens (tertiary/aromatic N) is 4. The van der Waals surface area contributed by atoms with Gasteiger partial charge in [-0.05, 0) is 53.3 Å². The van der Waals surface area contributed by atoms with Crippen LogP contribution >= 0.6 is 24.0 Å². The molecule has 1 aromatic heterocycles. The van der Waals surface area contributed by atoms with Crippen LogP contribution in [0.25, 0.3) is 11.0 Å². The van der Waals surface area contributed by atoms with E-state index >= 15 is 0 Å². The third-order valence-electron chi connectivity index (χ3n) is 4.64. The van der Waals surface area contributed by atoms with Crippen molar-refractivity contribution < 1.29 is 0 Å². The number of halogens is 1. The van der Waals surface area contributed by atoms with Gasteiger partial charge in [-0.2, -0.15) is 0 Å². The molecule has 0 atom stereocenters. The molecule has 6 nitrogen and oxygen atoms in total. The van der Waals surface area contributed by atoms with E-state index in [1.165, 1.54) is 5.52 Å². The number of guanidine groups is 1. The number of aliphatic imine (C=N–C) groups is 1. The van der Waals surface area contributed by atoms with Crippen molar-refractivity contribution in [3.63, 3.8) is 0 Å². The summed E-state index contributed by atoms with van der Waals surface area (Å²) in [6.07, 6.45) is 0.990. The minimum atomic E-state index is 0. The molecule has 0 amide bonds. The smallest absolute Gasteiger partial charge is 0.191 e. The fourth-order valence-electron chi connectivity index (χ4n) is 2.85. The van der Waals surface area contributed by atoms with Gasteiger partial charge in [-0.15, -0.1) is 24.0 Å². The Morgan fingerprint density at radius 2 is 2.00 bits per heavy atom. The van der Waals surface area contributed by atoms with Crippen molar-refractivity contribution in [2.24, 2.45) is 4.99 Å². The van der Waals surface area contributed by atoms with Crippen LogP contribution in [0.2, 0.25) is 0 Å². The van der Waals surface area contributed by atoms with Gasteiger partial charge in [0.25, 0.3) is 0 Å². The number of nitrogens with one attached hydrogen (secondary N) is 2. The first-order chi connectivity index (χ1) is 12.5. The second-order valence-corrected chi connectivity index (χ2v) is 6.91. The first kappa shape index (κ1) is 23.7. The number of aryl methyl sites for hydroxylation is 2. The standard InChI is InChI=1S/C20H34N6.HI/c1-6-21-20(23-13-15-25(5)16(2)3)22-12-9-14-26-17(4)24-18-10-7-8-11-19(18)26;/h7-8,10-11,16H,6,9,12-15H2,1-5H3,(H2,21,22,23);1H. The Morgan fingerprint density at radius 3 is 2.70 bits per heavy atom. The molecule has 0 radical (unpaired) electrons. The zero-order chi connectivity index (χ0) is 18.9. The molecule has 0 fully saturated rings. The molecule has 27 heavy (non-hydrogen) atoms. The summed E-state index contributed by atoms with van der Waals surface area (Å²) in [4.78, 5) is 11.7. The summed E-state index contributed by atoms with van der Waals surface area (Å²) in [5.74, 6) is 1.97. The lowest BCUT2D eigenvalue weighted by atomic mass is 10.3. The van der Waals surface area contributed by atoms with E-state index in [1.807, 2.05) is 6.07 Å². The lowest BCUT2D eigenvalue weighted by Crippen LogP contribution is -2.42. The molecule has 2 rings (SSSR count). The topological polar surface area (TPSA) is 57.5 Å². The van der Waals surface area contributed by atoms with E-state index in [0.29, 0.717) is 6.04 Å². The van der Waals surface area contributed by atoms with Crippen LogP contribution < -0.4 is 10.6 Å². The van der Waals surface area contributed by atoms with Crippen molar-refractivity contribution in [3.05, 3.63) is 30.1 Å². The predicted molar refractivity (Wildman–Crippen MR) is 126 cm³/mol. The van der Waals surface area contributed by atoms with Crippen molar-refractivity contribution in [2.45, 2.75) is 46.7 Å². The van der Waals surface area contributed by atoms with E-state index in [9.17, 15) is 0 Å². The van der Waals surface area contributed by atoms with Gasteiger partial charge in [0.1, 0.15) is 5.82 Å². The fourth-order valence-corrected chi connectivity index (χ4v) is 2.85. The van der Waals surface area contributed by atoms with Crippen LogP contribution in [0, 0.1) is 6.92 Å². The highest BCUT2D eigenvalue weighted by atomic mass is 127. The number of benzene rings is 1. The van der Waals surface area contributed by atoms with Crippen molar-refractivity contribution in [3.8, 4) is 0 Å². The average Bonchev–Trinajstić information content (AvgIpc) is 2.93. The van der Waals surface area contributed by atoms with E-state index in [4.69, 9.17) is 4.99 Å². The molecule has 0 saturated heterocycles. The summed E-state index contributed by atoms with van der Waals surface area (Å²) in [5.41, 5.74) is 2.27. The van der Waals surface area contributed by atoms with Crippen LogP contribution in [0.15, 0.2) is 29.3 Å². The normalized spacial score (nSPS) is 11.9. The van der Waals surface area contributed by atoms with Crippen molar-refractivity contribution >= 4 is 41.0 Å². The monoisotopic (exact) mass is 486 g/mol. The Balaban J connectivity index is 0.00000364. The maximum absolute atomic E-state index is 4.71. The van der Waals surface area contributed by atoms with E-state index in [1.54, 1.807) is 0 Å². The molecular weight excluding hydrogens is 451 g/mol. The summed E-state index contributed by atoms with van der Waals surface area (Å²) in [6.45, 7) is 13.1. The van der Waals surface area contributed by atoms with E-state index in [0.717, 1.165) is 56.4 Å². The number of hydrogen-bond acceptors (Lipinski definition) is 3. The van der Waals surface area contributed by atoms with Gasteiger partial charge in [-0.1, -0.05) is 12.1 Å². The fraction of sp³-hybridized carbons (Fsp3) is 0.600. The second-order valence-electron chi connectivity index (χ2n) is 6.91. The Labute approximate surface area is 180 Å². The predicted octanol–water partition coefficient (Wildman–Crippen LogP) is 3.25. The molecule has 2 aromatic rings. The Bertz CT molecular complexity index is 710. The molecule has 0 aliphatic rings. The van der Waals surface area contributed by atoms with Crippen molar-refractivity contribution in [2.75, 3.05) is 33.2 Å². The van der Waals surface area contributed by atoms with Gasteiger partial charge >= 0.3 is 0 Å². The number of rotatable bonds is 9. The molecule has 0 bridgehead atoms. The number of para-hydroxylation sites is 2. The van der Waals surface area contributed by atoms with Gasteiger partial charge in [-0.3, -0.25) is 4.99 Å². The summed E-state index contributed by atoms with van der Waals surface area (Å²) in [6, 6.07) is 8.87. The lowest BCUT2D eigenvalue weighted by molar-refractivity contribution is 0.278. The first-order valence-corrected chi connectivity index (χ1v) is 9.67. The third kappa shape index (κ3) is 7.29. The molecule has 2 N–H and O–H groups in total. The summed E-state index contributed by atoms with van der Waals surface area (Å²) < 4.78 is 2.28. The maximum Gasteiger partial charge on any atom is 0.191 e. The van der Waals surface area contributed by atoms with Crippen molar-refractivity contribution in [1.29, 1.82) is 0 Å². The van der Waals surface area contributed by atoms with E-state index in [-0.39, 0.29) is 24.0 Å². The zero-order valence-corrected chi connectivity index (χ0v) is 19.7. The highest BCUT2D eigenvalue weighted by Gasteiger charge is 2.06. The van der Waals surface area contributed by atoms with E-state index < -0.39 is 0 Å². The van der Waals surface area contributed by atoms with Gasteiger partial charge < -0.3 is 20.1 Å². The molecule has 0 aliphatic heterocycles. The molecule has 1 aromatic carbocycles. The van der Waals surface area contributed by atoms with Crippen LogP contribution in [-0.4, -0.2) is 59.7 Å². The highest BCUT2D eigenvalue weighted by molar-refractivity contribution is 14.0. The summed E-state index contributed by atoms with van der Waals surface area (Å²) in [7, 11) is 2.15. The highest BCUT2D eigenvalue weighted by Crippen LogP contribution is 2.15. The quantitative estimate of drug-likeness (QED) is 0.247. The maximum atomic E-state index is 4.71. The number of aromatic nitrogens is 2. The Hall–Kier alpha value is -1.35. The lowest BCUT2D eigenvalue weighted by Gasteiger charge is -2.21. The molecule has 0 aliphatic carbocycles. The largest absolute Gasteiger partial charge is 0.357 e. The minimum absolute atomic E-state index is 0. The second kappa shape index (κ2) is 12.2. The van der Waals surface area contributed by atoms with E-state index in [2.05, 4.69) is 78.0 Å². The molecule has 1 heterocycles. The number of fused-ring (bicyclic) bond motifs is 1. The number of imidazole rings is 1. The number of likely N-dealkylation sites (N-methyl/N-ethyl adjacent to an activating group) is 1. The van der Waals surface area contributed by atoms with Crippen LogP contribution in [-0.2, 0) is 6.54 Å². The Morgan fingerprint density at radius 1 is 1.26 bits per heavy atom. The van der Waals surface area contributed by atoms with Gasteiger partial charge in [0.2, 0.25) is 0 Å². The van der Waals surface area contributed by atoms with Gasteiger partial charge in [0, 0.05) is 38.8 Å². The van der Waals surface area contributed by atoms with Gasteiger partial charge in [0.05, 0.1) is 11.0 Å². The van der Waals surface area contributed by atoms with Crippen LogP contribution in [0.5, 0.6) is 0 Å². The molecule has 152 valence electrons. The molecule has 0 unspecified atom stereocenters. The summed E-state index contributed by atoms with van der Waals surface area (Å²) in [5, 5.41) is 6.74. The third-order valence-corrected chi connectivity index (χ3v) is 4.64. The van der Waals surface area contributed by atoms with Crippen LogP contribution in [0.3, 0.4) is 0 Å². The zero-order valence-electron chi connectivity index (χ0n) is 17.3. The minimum Gasteiger partial charge on any atom is -0.357 e. The van der Waals surface area contributed by atoms with Crippen LogP contribution in [0.1, 0.15) is 33.0 Å². The van der Waals surface area contributed by atoms with Gasteiger partial charge in [-0.25, -0.2) is 4.98 Å². The number of hydrogen-bond donors (Lipinski definition) is 2. The molecule has 0 spiro atoms. The summed E-state index contributed by atoms with van der Waals surface area (Å²) >= 11 is 0. The van der Waals surface area contributed by atoms with Gasteiger partial charge in [0.15, 0.2) is 5.96 Å².